The van der Waals surface area contributed by atoms with Gasteiger partial charge in [-0.25, -0.2) is 0 Å². The first-order valence-electron chi connectivity index (χ1n) is 19.3. The van der Waals surface area contributed by atoms with E-state index >= 15 is 0 Å². The Morgan fingerprint density at radius 2 is 1.34 bits per heavy atom. The summed E-state index contributed by atoms with van der Waals surface area (Å²) in [6, 6.07) is 40.1. The molecule has 0 N–H and O–H groups in total. The van der Waals surface area contributed by atoms with Crippen LogP contribution in [0.5, 0.6) is 0 Å². The van der Waals surface area contributed by atoms with Crippen LogP contribution in [-0.2, 0) is 20.1 Å². The fraction of sp³-hybridized carbons (Fsp3) is 0.227. The molecule has 3 heteroatoms. The van der Waals surface area contributed by atoms with Crippen molar-refractivity contribution in [1.82, 2.24) is 9.97 Å². The monoisotopic (exact) mass is 796 g/mol. The summed E-state index contributed by atoms with van der Waals surface area (Å²) in [7, 11) is 0. The van der Waals surface area contributed by atoms with Gasteiger partial charge in [-0.1, -0.05) is 96.7 Å². The molecule has 8 rings (SSSR count). The SMILES string of the molecule is [2H]C([2H])([2H])c1ccc(-c2[c-]cccc2)nc1.[2H]C([2H])([2H])c1cnc(-c2[c-]cc3c4ccccc4c4ccccc4c3c2)cc1C1([2H])CCC(C)(C)CC1.[Ir]. The van der Waals surface area contributed by atoms with Crippen molar-refractivity contribution in [1.29, 1.82) is 0 Å². The van der Waals surface area contributed by atoms with E-state index in [1.165, 1.54) is 28.6 Å². The second-order valence-corrected chi connectivity index (χ2v) is 12.9. The van der Waals surface area contributed by atoms with E-state index in [4.69, 9.17) is 8.22 Å². The van der Waals surface area contributed by atoms with Crippen LogP contribution in [0.1, 0.15) is 71.7 Å². The minimum atomic E-state index is -2.32. The van der Waals surface area contributed by atoms with Gasteiger partial charge in [0, 0.05) is 42.1 Å². The summed E-state index contributed by atoms with van der Waals surface area (Å²) in [6.07, 6.45) is 5.95. The van der Waals surface area contributed by atoms with E-state index in [1.807, 2.05) is 30.3 Å². The van der Waals surface area contributed by atoms with Crippen molar-refractivity contribution in [2.24, 2.45) is 5.41 Å². The van der Waals surface area contributed by atoms with Crippen LogP contribution in [0.2, 0.25) is 0 Å². The smallest absolute Gasteiger partial charge is 0.0352 e. The van der Waals surface area contributed by atoms with Crippen LogP contribution in [0.25, 0.3) is 54.8 Å². The van der Waals surface area contributed by atoms with Crippen molar-refractivity contribution < 1.29 is 29.7 Å². The van der Waals surface area contributed by atoms with Gasteiger partial charge in [-0.05, 0) is 94.9 Å². The van der Waals surface area contributed by atoms with Gasteiger partial charge < -0.3 is 9.97 Å². The Morgan fingerprint density at radius 3 is 1.96 bits per heavy atom. The van der Waals surface area contributed by atoms with E-state index in [0.717, 1.165) is 45.8 Å². The number of aromatic nitrogens is 2. The average Bonchev–Trinajstić information content (AvgIpc) is 3.16. The molecular weight excluding hydrogens is 749 g/mol. The molecule has 2 nitrogen and oxygen atoms in total. The van der Waals surface area contributed by atoms with Crippen LogP contribution in [0, 0.1) is 31.3 Å². The molecule has 0 amide bonds. The summed E-state index contributed by atoms with van der Waals surface area (Å²) in [4.78, 5) is 8.73. The number of nitrogens with zero attached hydrogens (tertiary/aromatic N) is 2. The van der Waals surface area contributed by atoms with E-state index in [2.05, 4.69) is 90.5 Å². The van der Waals surface area contributed by atoms with Crippen LogP contribution < -0.4 is 0 Å². The summed E-state index contributed by atoms with van der Waals surface area (Å²) >= 11 is 0. The normalized spacial score (nSPS) is 17.8. The number of benzene rings is 5. The van der Waals surface area contributed by atoms with Crippen LogP contribution in [0.3, 0.4) is 0 Å². The van der Waals surface area contributed by atoms with E-state index in [-0.39, 0.29) is 36.6 Å². The maximum Gasteiger partial charge on any atom is 0.0352 e. The zero-order valence-corrected chi connectivity index (χ0v) is 28.9. The molecule has 1 aliphatic rings. The van der Waals surface area contributed by atoms with Crippen molar-refractivity contribution in [3.63, 3.8) is 0 Å². The fourth-order valence-electron chi connectivity index (χ4n) is 6.49. The Morgan fingerprint density at radius 1 is 0.681 bits per heavy atom. The first kappa shape index (κ1) is 24.9. The largest absolute Gasteiger partial charge is 0.304 e. The molecule has 47 heavy (non-hydrogen) atoms. The average molecular weight is 796 g/mol. The van der Waals surface area contributed by atoms with Gasteiger partial charge in [0.25, 0.3) is 0 Å². The van der Waals surface area contributed by atoms with E-state index in [9.17, 15) is 1.37 Å². The molecule has 1 radical (unpaired) electrons. The van der Waals surface area contributed by atoms with Crippen molar-refractivity contribution in [3.8, 4) is 22.5 Å². The van der Waals surface area contributed by atoms with Crippen LogP contribution in [0.4, 0.5) is 0 Å². The molecule has 2 heterocycles. The zero-order valence-electron chi connectivity index (χ0n) is 33.5. The molecule has 7 aromatic rings. The minimum Gasteiger partial charge on any atom is -0.304 e. The third-order valence-corrected chi connectivity index (χ3v) is 9.19. The van der Waals surface area contributed by atoms with E-state index < -0.39 is 19.6 Å². The van der Waals surface area contributed by atoms with Crippen molar-refractivity contribution in [2.75, 3.05) is 0 Å². The van der Waals surface area contributed by atoms with Crippen molar-refractivity contribution >= 4 is 32.3 Å². The fourth-order valence-corrected chi connectivity index (χ4v) is 6.49. The molecule has 2 aromatic heterocycles. The Labute approximate surface area is 302 Å². The Bertz CT molecular complexity index is 2380. The van der Waals surface area contributed by atoms with Gasteiger partial charge in [0.1, 0.15) is 0 Å². The standard InChI is InChI=1S/C32H30N.C12H10N.Ir/c1-21-20-33-31(19-29(21)22-14-16-32(2,3)17-15-22)23-12-13-28-26-10-5-4-8-24(26)25-9-6-7-11-27(25)30(28)18-23;1-10-7-8-12(13-9-10)11-5-3-2-4-6-11;/h4-11,13,18-20,22H,14-17H2,1-3H3;2-5,7-9H,1H3;/q2*-1;/i1D3,22D;1D3;. The zero-order chi connectivity index (χ0) is 37.6. The molecular formula is C44H40IrN2-2. The molecule has 0 aliphatic heterocycles. The molecule has 0 saturated heterocycles. The van der Waals surface area contributed by atoms with Gasteiger partial charge in [-0.15, -0.1) is 59.7 Å². The summed E-state index contributed by atoms with van der Waals surface area (Å²) in [5.74, 6) is -0.934. The van der Waals surface area contributed by atoms with Gasteiger partial charge in [0.2, 0.25) is 0 Å². The number of aryl methyl sites for hydroxylation is 2. The van der Waals surface area contributed by atoms with Gasteiger partial charge in [-0.2, -0.15) is 0 Å². The van der Waals surface area contributed by atoms with Crippen LogP contribution in [-0.4, -0.2) is 9.97 Å². The van der Waals surface area contributed by atoms with Crippen molar-refractivity contribution in [2.45, 2.75) is 59.1 Å². The molecule has 0 atom stereocenters. The molecule has 0 spiro atoms. The Hall–Kier alpha value is -4.17. The molecule has 1 aliphatic carbocycles. The van der Waals surface area contributed by atoms with Crippen LogP contribution >= 0.6 is 0 Å². The maximum atomic E-state index is 9.36. The summed E-state index contributed by atoms with van der Waals surface area (Å²) in [6.45, 7) is 0.0522. The quantitative estimate of drug-likeness (QED) is 0.131. The number of fused-ring (bicyclic) bond motifs is 6. The number of rotatable bonds is 3. The molecule has 0 unspecified atom stereocenters. The number of pyridine rings is 2. The van der Waals surface area contributed by atoms with Gasteiger partial charge in [0.15, 0.2) is 0 Å². The van der Waals surface area contributed by atoms with Crippen LogP contribution in [0.15, 0.2) is 116 Å². The van der Waals surface area contributed by atoms with Gasteiger partial charge in [0.05, 0.1) is 0 Å². The van der Waals surface area contributed by atoms with E-state index in [1.54, 1.807) is 18.2 Å². The third kappa shape index (κ3) is 6.93. The Balaban J connectivity index is 0.000000246. The summed E-state index contributed by atoms with van der Waals surface area (Å²) in [5.41, 5.74) is 4.29. The van der Waals surface area contributed by atoms with Gasteiger partial charge >= 0.3 is 0 Å². The second kappa shape index (κ2) is 13.9. The summed E-state index contributed by atoms with van der Waals surface area (Å²) < 4.78 is 55.5. The molecule has 0 bridgehead atoms. The molecule has 1 saturated carbocycles. The summed E-state index contributed by atoms with van der Waals surface area (Å²) in [5, 5.41) is 7.00. The topological polar surface area (TPSA) is 25.8 Å². The van der Waals surface area contributed by atoms with Gasteiger partial charge in [-0.3, -0.25) is 0 Å². The predicted octanol–water partition coefficient (Wildman–Crippen LogP) is 11.9. The van der Waals surface area contributed by atoms with E-state index in [0.29, 0.717) is 24.1 Å². The Kier molecular flexibility index (Phi) is 7.37. The first-order chi connectivity index (χ1) is 25.1. The van der Waals surface area contributed by atoms with Crippen molar-refractivity contribution in [3.05, 3.63) is 144 Å². The number of hydrogen-bond acceptors (Lipinski definition) is 2. The minimum absolute atomic E-state index is 0. The second-order valence-electron chi connectivity index (χ2n) is 12.9. The number of hydrogen-bond donors (Lipinski definition) is 0. The predicted molar refractivity (Wildman–Crippen MR) is 194 cm³/mol. The maximum absolute atomic E-state index is 9.36. The third-order valence-electron chi connectivity index (χ3n) is 9.19. The molecule has 1 fully saturated rings. The molecule has 5 aromatic carbocycles. The molecule has 237 valence electrons. The first-order valence-corrected chi connectivity index (χ1v) is 15.8.